The second-order valence-electron chi connectivity index (χ2n) is 23.9. The lowest BCUT2D eigenvalue weighted by atomic mass is 9.43. The van der Waals surface area contributed by atoms with Crippen LogP contribution in [0.5, 0.6) is 0 Å². The molecule has 77 heavy (non-hydrogen) atoms. The van der Waals surface area contributed by atoms with Crippen LogP contribution >= 0.6 is 0 Å². The summed E-state index contributed by atoms with van der Waals surface area (Å²) >= 11 is 0. The van der Waals surface area contributed by atoms with E-state index in [0.717, 1.165) is 91.1 Å². The lowest BCUT2D eigenvalue weighted by Crippen LogP contribution is -2.64. The van der Waals surface area contributed by atoms with E-state index in [1.165, 1.54) is 0 Å². The maximum Gasteiger partial charge on any atom is 0.331 e. The highest BCUT2D eigenvalue weighted by Gasteiger charge is 2.68. The largest absolute Gasteiger partial charge is 0.463 e. The zero-order chi connectivity index (χ0) is 55.5. The van der Waals surface area contributed by atoms with Gasteiger partial charge in [-0.1, -0.05) is 13.8 Å². The molecule has 25 atom stereocenters. The molecule has 5 heterocycles. The zero-order valence-electron chi connectivity index (χ0n) is 45.8. The van der Waals surface area contributed by atoms with E-state index < -0.39 is 141 Å². The average molecular weight is 1100 g/mol. The minimum atomic E-state index is -1.56. The summed E-state index contributed by atoms with van der Waals surface area (Å²) in [6.07, 6.45) is -8.35. The monoisotopic (exact) mass is 1090 g/mol. The fourth-order valence-corrected chi connectivity index (χ4v) is 15.4. The molecule has 0 radical (unpaired) electrons. The number of cyclic esters (lactones) is 1. The van der Waals surface area contributed by atoms with E-state index in [0.29, 0.717) is 18.4 Å². The molecule has 0 aromatic carbocycles. The summed E-state index contributed by atoms with van der Waals surface area (Å²) in [5.41, 5.74) is 0.0472. The number of esters is 5. The predicted octanol–water partition coefficient (Wildman–Crippen LogP) is 3.35. The lowest BCUT2D eigenvalue weighted by Gasteiger charge is -2.64. The fraction of sp³-hybridized carbons (Fsp3) is 0.873. The third kappa shape index (κ3) is 11.9. The maximum absolute atomic E-state index is 12.7. The van der Waals surface area contributed by atoms with Gasteiger partial charge in [-0.3, -0.25) is 19.2 Å². The van der Waals surface area contributed by atoms with E-state index in [1.807, 2.05) is 6.92 Å². The summed E-state index contributed by atoms with van der Waals surface area (Å²) in [6.45, 7) is 14.2. The number of hydrogen-bond donors (Lipinski definition) is 4. The second kappa shape index (κ2) is 23.2. The van der Waals surface area contributed by atoms with Crippen molar-refractivity contribution in [2.45, 2.75) is 256 Å². The van der Waals surface area contributed by atoms with Crippen molar-refractivity contribution in [2.24, 2.45) is 34.5 Å². The molecule has 0 aromatic heterocycles. The molecule has 4 saturated heterocycles. The average Bonchev–Trinajstić information content (AvgIpc) is 4.08. The van der Waals surface area contributed by atoms with Gasteiger partial charge >= 0.3 is 29.8 Å². The van der Waals surface area contributed by atoms with Crippen LogP contribution in [0.4, 0.5) is 0 Å². The Hall–Kier alpha value is -3.39. The lowest BCUT2D eigenvalue weighted by molar-refractivity contribution is -0.356. The van der Waals surface area contributed by atoms with Gasteiger partial charge in [-0.2, -0.15) is 0 Å². The Morgan fingerprint density at radius 2 is 1.14 bits per heavy atom. The quantitative estimate of drug-likeness (QED) is 0.110. The third-order valence-electron chi connectivity index (χ3n) is 19.1. The van der Waals surface area contributed by atoms with Crippen molar-refractivity contribution < 1.29 is 106 Å². The first-order valence-electron chi connectivity index (χ1n) is 27.9. The van der Waals surface area contributed by atoms with Gasteiger partial charge in [-0.05, 0) is 113 Å². The van der Waals surface area contributed by atoms with E-state index in [-0.39, 0.29) is 54.0 Å². The van der Waals surface area contributed by atoms with Crippen molar-refractivity contribution in [1.29, 1.82) is 0 Å². The van der Waals surface area contributed by atoms with E-state index in [1.54, 1.807) is 19.9 Å². The van der Waals surface area contributed by atoms with Crippen molar-refractivity contribution in [3.05, 3.63) is 11.6 Å². The summed E-state index contributed by atoms with van der Waals surface area (Å²) in [6, 6.07) is 0. The molecule has 0 aromatic rings. The summed E-state index contributed by atoms with van der Waals surface area (Å²) in [7, 11) is 0. The van der Waals surface area contributed by atoms with Crippen molar-refractivity contribution in [2.75, 3.05) is 13.2 Å². The van der Waals surface area contributed by atoms with Crippen molar-refractivity contribution in [3.8, 4) is 0 Å². The van der Waals surface area contributed by atoms with Crippen LogP contribution in [0, 0.1) is 34.5 Å². The molecular weight excluding hydrogens is 1010 g/mol. The fourth-order valence-electron chi connectivity index (χ4n) is 15.4. The number of carbonyl (C=O) groups excluding carboxylic acids is 5. The van der Waals surface area contributed by atoms with Crippen molar-refractivity contribution >= 4 is 29.8 Å². The third-order valence-corrected chi connectivity index (χ3v) is 19.1. The molecule has 4 N–H and O–H groups in total. The standard InChI is InChI=1S/C55H82O22/c1-25-46(38(60)20-43(67-25)73-34-12-15-53(8)33(19-34)10-11-37-36(53)13-16-54(9)35(14-17-55(37,54)64)32-18-42(63)66-23-32)75-44-21-39(61)47(26(2)68-44)76-45-22-40(62)48(27(3)69-45)77-52-51(72-31(7)59)50(71-30(6)58)49(70-29(5)57)41(74-52)24-65-28(4)56/h18,25-27,33-41,43-52,60-62,64H,10-17,19-24H2,1-9H3/t25-,26-,27-,33-,34+,35-,36+,37-,38+,39+,40+,41-,43+,44+,45+,46-,47-,48-,49-,50+,51-,52+,53+,54-,55+/m1/s1. The predicted molar refractivity (Wildman–Crippen MR) is 262 cm³/mol. The van der Waals surface area contributed by atoms with Crippen LogP contribution in [-0.4, -0.2) is 180 Å². The molecular formula is C55H82O22. The van der Waals surface area contributed by atoms with E-state index in [9.17, 15) is 44.4 Å². The van der Waals surface area contributed by atoms with Gasteiger partial charge in [0.25, 0.3) is 0 Å². The Bertz CT molecular complexity index is 2160. The maximum atomic E-state index is 12.7. The van der Waals surface area contributed by atoms with Crippen LogP contribution in [0.25, 0.3) is 0 Å². The minimum Gasteiger partial charge on any atom is -0.463 e. The van der Waals surface area contributed by atoms with Crippen LogP contribution in [0.15, 0.2) is 11.6 Å². The van der Waals surface area contributed by atoms with Gasteiger partial charge in [0, 0.05) is 58.4 Å². The molecule has 4 aliphatic carbocycles. The van der Waals surface area contributed by atoms with E-state index in [4.69, 9.17) is 61.6 Å². The Balaban J connectivity index is 0.747. The zero-order valence-corrected chi connectivity index (χ0v) is 45.8. The molecule has 0 amide bonds. The number of aliphatic hydroxyl groups excluding tert-OH is 3. The van der Waals surface area contributed by atoms with Crippen LogP contribution in [0.2, 0.25) is 0 Å². The molecule has 22 nitrogen and oxygen atoms in total. The number of fused-ring (bicyclic) bond motifs is 5. The van der Waals surface area contributed by atoms with Crippen LogP contribution in [-0.2, 0) is 85.6 Å². The molecule has 0 bridgehead atoms. The molecule has 5 aliphatic heterocycles. The van der Waals surface area contributed by atoms with Crippen LogP contribution in [0.1, 0.15) is 139 Å². The number of aliphatic hydroxyl groups is 4. The van der Waals surface area contributed by atoms with Gasteiger partial charge in [-0.15, -0.1) is 0 Å². The van der Waals surface area contributed by atoms with Crippen molar-refractivity contribution in [3.63, 3.8) is 0 Å². The Morgan fingerprint density at radius 3 is 1.68 bits per heavy atom. The van der Waals surface area contributed by atoms with Crippen LogP contribution < -0.4 is 0 Å². The first-order chi connectivity index (χ1) is 36.4. The van der Waals surface area contributed by atoms with Gasteiger partial charge in [0.2, 0.25) is 0 Å². The SMILES string of the molecule is CC(=O)OC[C@H]1O[C@@H](O[C@H]2[C@@H](O)C[C@H](O[C@H]3[C@@H](O)C[C@H](O[C@H]4[C@@H](O)C[C@H](O[C@H]5CC[C@@]6(C)[C@H](CC[C@@H]7[C@@H]6CC[C@]6(C)[C@@H](C8=CC(=O)OC8)CC[C@]76O)C5)O[C@@H]4C)O[C@@H]3C)O[C@@H]2C)[C@H](OC(C)=O)[C@@H](OC(C)=O)[C@@H]1OC(C)=O. The smallest absolute Gasteiger partial charge is 0.331 e. The number of ether oxygens (including phenoxy) is 13. The van der Waals surface area contributed by atoms with E-state index >= 15 is 0 Å². The number of rotatable bonds is 14. The van der Waals surface area contributed by atoms with Crippen molar-refractivity contribution in [1.82, 2.24) is 0 Å². The molecule has 0 spiro atoms. The Morgan fingerprint density at radius 1 is 0.597 bits per heavy atom. The topological polar surface area (TPSA) is 286 Å². The summed E-state index contributed by atoms with van der Waals surface area (Å²) in [4.78, 5) is 60.6. The minimum absolute atomic E-state index is 0.0142. The summed E-state index contributed by atoms with van der Waals surface area (Å²) < 4.78 is 77.2. The van der Waals surface area contributed by atoms with Crippen LogP contribution in [0.3, 0.4) is 0 Å². The summed E-state index contributed by atoms with van der Waals surface area (Å²) in [5.74, 6) is -2.18. The molecule has 8 fully saturated rings. The Kier molecular flexibility index (Phi) is 17.6. The highest BCUT2D eigenvalue weighted by atomic mass is 16.8. The number of carbonyl (C=O) groups is 5. The van der Waals surface area contributed by atoms with Gasteiger partial charge in [-0.25, -0.2) is 4.79 Å². The molecule has 4 saturated carbocycles. The molecule has 22 heteroatoms. The molecule has 0 unspecified atom stereocenters. The molecule has 9 rings (SSSR count). The van der Waals surface area contributed by atoms with Gasteiger partial charge < -0.3 is 82.0 Å². The first-order valence-corrected chi connectivity index (χ1v) is 27.9. The molecule has 9 aliphatic rings. The molecule has 434 valence electrons. The summed E-state index contributed by atoms with van der Waals surface area (Å²) in [5, 5.41) is 47.1. The van der Waals surface area contributed by atoms with Gasteiger partial charge in [0.05, 0.1) is 48.3 Å². The highest BCUT2D eigenvalue weighted by Crippen LogP contribution is 2.70. The number of hydrogen-bond acceptors (Lipinski definition) is 22. The second-order valence-corrected chi connectivity index (χ2v) is 23.9. The van der Waals surface area contributed by atoms with E-state index in [2.05, 4.69) is 13.8 Å². The Labute approximate surface area is 449 Å². The normalized spacial score (nSPS) is 47.8. The highest BCUT2D eigenvalue weighted by molar-refractivity contribution is 5.85. The first kappa shape index (κ1) is 58.3. The van der Waals surface area contributed by atoms with Gasteiger partial charge in [0.1, 0.15) is 37.6 Å². The van der Waals surface area contributed by atoms with Gasteiger partial charge in [0.15, 0.2) is 43.5 Å².